The van der Waals surface area contributed by atoms with Crippen LogP contribution in [0, 0.1) is 11.8 Å². The SMILES string of the molecule is C1CCCC1.C1CCCC1.CCC1CCCC1.O=C(O)C1CCCC1.[Fe].[Fe]. The van der Waals surface area contributed by atoms with Gasteiger partial charge < -0.3 is 5.11 Å². The maximum Gasteiger partial charge on any atom is 0.306 e. The Morgan fingerprint density at radius 3 is 1.11 bits per heavy atom. The summed E-state index contributed by atoms with van der Waals surface area (Å²) in [4.78, 5) is 10.2. The van der Waals surface area contributed by atoms with Crippen LogP contribution in [-0.4, -0.2) is 11.1 Å². The van der Waals surface area contributed by atoms with E-state index in [1.54, 1.807) is 0 Å². The van der Waals surface area contributed by atoms with Gasteiger partial charge in [-0.15, -0.1) is 0 Å². The third kappa shape index (κ3) is 17.1. The van der Waals surface area contributed by atoms with Gasteiger partial charge in [-0.25, -0.2) is 0 Å². The number of rotatable bonds is 2. The summed E-state index contributed by atoms with van der Waals surface area (Å²) in [5.74, 6) is 0.470. The topological polar surface area (TPSA) is 37.3 Å². The standard InChI is InChI=1S/C7H14.C6H10O2.2C5H10.2Fe/c1-2-7-5-3-4-6-7;7-6(8)5-3-1-2-4-5;2*1-2-4-5-3-1;;/h7H,2-6H2,1H3;5H,1-4H2,(H,7,8);2*1-5H2;;. The van der Waals surface area contributed by atoms with Crippen molar-refractivity contribution in [2.24, 2.45) is 11.8 Å². The summed E-state index contributed by atoms with van der Waals surface area (Å²) in [5.41, 5.74) is 0. The monoisotopic (exact) mass is 464 g/mol. The molecule has 0 heterocycles. The quantitative estimate of drug-likeness (QED) is 0.425. The number of carboxylic acids is 1. The van der Waals surface area contributed by atoms with Gasteiger partial charge in [0.25, 0.3) is 0 Å². The van der Waals surface area contributed by atoms with Gasteiger partial charge >= 0.3 is 5.97 Å². The van der Waals surface area contributed by atoms with E-state index in [-0.39, 0.29) is 40.1 Å². The Hall–Kier alpha value is 0.509. The van der Waals surface area contributed by atoms with Gasteiger partial charge in [0.05, 0.1) is 5.92 Å². The van der Waals surface area contributed by atoms with Crippen molar-refractivity contribution < 1.29 is 44.0 Å². The first kappa shape index (κ1) is 29.7. The molecule has 4 heteroatoms. The average molecular weight is 464 g/mol. The zero-order valence-corrected chi connectivity index (χ0v) is 19.9. The Labute approximate surface area is 190 Å². The third-order valence-electron chi connectivity index (χ3n) is 6.26. The van der Waals surface area contributed by atoms with Crippen molar-refractivity contribution in [3.63, 3.8) is 0 Å². The van der Waals surface area contributed by atoms with Crippen LogP contribution in [0.25, 0.3) is 0 Å². The fourth-order valence-electron chi connectivity index (χ4n) is 4.36. The van der Waals surface area contributed by atoms with Crippen LogP contribution in [-0.2, 0) is 38.9 Å². The number of hydrogen-bond acceptors (Lipinski definition) is 1. The molecule has 2 nitrogen and oxygen atoms in total. The Morgan fingerprint density at radius 1 is 0.630 bits per heavy atom. The Balaban J connectivity index is 0. The molecule has 4 aliphatic carbocycles. The molecule has 0 unspecified atom stereocenters. The molecule has 27 heavy (non-hydrogen) atoms. The molecular weight excluding hydrogens is 420 g/mol. The van der Waals surface area contributed by atoms with Crippen molar-refractivity contribution in [2.75, 3.05) is 0 Å². The van der Waals surface area contributed by atoms with E-state index < -0.39 is 5.97 Å². The van der Waals surface area contributed by atoms with Crippen molar-refractivity contribution in [1.82, 2.24) is 0 Å². The normalized spacial score (nSPS) is 21.4. The van der Waals surface area contributed by atoms with E-state index in [1.165, 1.54) is 96.3 Å². The van der Waals surface area contributed by atoms with Crippen LogP contribution >= 0.6 is 0 Å². The van der Waals surface area contributed by atoms with Gasteiger partial charge in [-0.05, 0) is 18.8 Å². The smallest absolute Gasteiger partial charge is 0.306 e. The first-order valence-corrected chi connectivity index (χ1v) is 11.5. The van der Waals surface area contributed by atoms with E-state index in [0.717, 1.165) is 31.6 Å². The van der Waals surface area contributed by atoms with Gasteiger partial charge in [0.2, 0.25) is 0 Å². The van der Waals surface area contributed by atoms with Crippen molar-refractivity contribution >= 4 is 5.97 Å². The molecule has 0 aromatic heterocycles. The molecule has 0 radical (unpaired) electrons. The summed E-state index contributed by atoms with van der Waals surface area (Å²) in [7, 11) is 0. The minimum Gasteiger partial charge on any atom is -0.481 e. The molecule has 0 amide bonds. The van der Waals surface area contributed by atoms with Crippen LogP contribution in [0.5, 0.6) is 0 Å². The van der Waals surface area contributed by atoms with Gasteiger partial charge in [-0.2, -0.15) is 0 Å². The molecule has 0 aromatic rings. The Kier molecular flexibility index (Phi) is 23.4. The van der Waals surface area contributed by atoms with E-state index in [4.69, 9.17) is 5.11 Å². The zero-order valence-electron chi connectivity index (χ0n) is 17.7. The number of carbonyl (C=O) groups is 1. The second kappa shape index (κ2) is 21.2. The summed E-state index contributed by atoms with van der Waals surface area (Å²) in [6.07, 6.45) is 26.4. The molecule has 0 spiro atoms. The first-order valence-electron chi connectivity index (χ1n) is 11.5. The van der Waals surface area contributed by atoms with Gasteiger partial charge in [0, 0.05) is 34.1 Å². The largest absolute Gasteiger partial charge is 0.481 e. The molecule has 0 aliphatic heterocycles. The Bertz CT molecular complexity index is 278. The molecule has 0 aromatic carbocycles. The Morgan fingerprint density at radius 2 is 0.926 bits per heavy atom. The van der Waals surface area contributed by atoms with Crippen LogP contribution < -0.4 is 0 Å². The van der Waals surface area contributed by atoms with Crippen molar-refractivity contribution in [3.05, 3.63) is 0 Å². The minimum absolute atomic E-state index is 0. The maximum atomic E-state index is 10.2. The van der Waals surface area contributed by atoms with Gasteiger partial charge in [-0.3, -0.25) is 4.79 Å². The molecule has 4 fully saturated rings. The number of carboxylic acid groups (broad SMARTS) is 1. The fraction of sp³-hybridized carbons (Fsp3) is 0.957. The molecule has 4 rings (SSSR count). The summed E-state index contributed by atoms with van der Waals surface area (Å²) in [6.45, 7) is 2.30. The molecule has 164 valence electrons. The number of aliphatic carboxylic acids is 1. The summed E-state index contributed by atoms with van der Waals surface area (Å²) in [6, 6.07) is 0. The molecule has 4 aliphatic rings. The molecular formula is C23H44Fe2O2. The van der Waals surface area contributed by atoms with Crippen LogP contribution in [0.4, 0.5) is 0 Å². The van der Waals surface area contributed by atoms with Crippen LogP contribution in [0.3, 0.4) is 0 Å². The second-order valence-electron chi connectivity index (χ2n) is 8.41. The predicted molar refractivity (Wildman–Crippen MR) is 108 cm³/mol. The van der Waals surface area contributed by atoms with Crippen LogP contribution in [0.15, 0.2) is 0 Å². The summed E-state index contributed by atoms with van der Waals surface area (Å²) >= 11 is 0. The van der Waals surface area contributed by atoms with E-state index in [1.807, 2.05) is 0 Å². The fourth-order valence-corrected chi connectivity index (χ4v) is 4.36. The number of hydrogen-bond donors (Lipinski definition) is 1. The van der Waals surface area contributed by atoms with E-state index in [2.05, 4.69) is 6.92 Å². The summed E-state index contributed by atoms with van der Waals surface area (Å²) in [5, 5.41) is 8.41. The van der Waals surface area contributed by atoms with Crippen molar-refractivity contribution in [1.29, 1.82) is 0 Å². The zero-order chi connectivity index (χ0) is 18.2. The van der Waals surface area contributed by atoms with Gasteiger partial charge in [-0.1, -0.05) is 116 Å². The van der Waals surface area contributed by atoms with Crippen molar-refractivity contribution in [3.8, 4) is 0 Å². The first-order chi connectivity index (χ1) is 12.2. The van der Waals surface area contributed by atoms with E-state index in [9.17, 15) is 4.79 Å². The molecule has 0 bridgehead atoms. The molecule has 1 N–H and O–H groups in total. The predicted octanol–water partition coefficient (Wildman–Crippen LogP) is 7.74. The average Bonchev–Trinajstić information content (AvgIpc) is 3.48. The van der Waals surface area contributed by atoms with Gasteiger partial charge in [0.15, 0.2) is 0 Å². The van der Waals surface area contributed by atoms with E-state index >= 15 is 0 Å². The molecule has 4 saturated carbocycles. The van der Waals surface area contributed by atoms with E-state index in [0.29, 0.717) is 0 Å². The maximum absolute atomic E-state index is 10.2. The third-order valence-corrected chi connectivity index (χ3v) is 6.26. The second-order valence-corrected chi connectivity index (χ2v) is 8.41. The van der Waals surface area contributed by atoms with Crippen LogP contribution in [0.1, 0.15) is 129 Å². The molecule has 0 saturated heterocycles. The minimum atomic E-state index is -0.609. The van der Waals surface area contributed by atoms with Crippen LogP contribution in [0.2, 0.25) is 0 Å². The van der Waals surface area contributed by atoms with Gasteiger partial charge in [0.1, 0.15) is 0 Å². The summed E-state index contributed by atoms with van der Waals surface area (Å²) < 4.78 is 0. The van der Waals surface area contributed by atoms with Crippen molar-refractivity contribution in [2.45, 2.75) is 129 Å². The molecule has 0 atom stereocenters.